The molecular formula is C25H32O4. The van der Waals surface area contributed by atoms with Gasteiger partial charge in [-0.25, -0.2) is 0 Å². The van der Waals surface area contributed by atoms with Crippen LogP contribution in [0.2, 0.25) is 0 Å². The van der Waals surface area contributed by atoms with E-state index in [2.05, 4.69) is 6.92 Å². The summed E-state index contributed by atoms with van der Waals surface area (Å²) in [7, 11) is 1.63. The Balaban J connectivity index is 1.55. The van der Waals surface area contributed by atoms with Crippen molar-refractivity contribution >= 4 is 17.3 Å². The van der Waals surface area contributed by atoms with Gasteiger partial charge in [-0.3, -0.25) is 9.59 Å². The predicted octanol–water partition coefficient (Wildman–Crippen LogP) is 5.56. The van der Waals surface area contributed by atoms with Crippen molar-refractivity contribution in [3.8, 4) is 5.75 Å². The van der Waals surface area contributed by atoms with Gasteiger partial charge < -0.3 is 9.47 Å². The van der Waals surface area contributed by atoms with E-state index in [0.29, 0.717) is 29.6 Å². The van der Waals surface area contributed by atoms with E-state index in [1.54, 1.807) is 7.11 Å². The van der Waals surface area contributed by atoms with Crippen LogP contribution < -0.4 is 4.74 Å². The van der Waals surface area contributed by atoms with Gasteiger partial charge in [0.1, 0.15) is 11.5 Å². The van der Waals surface area contributed by atoms with Crippen LogP contribution in [0, 0.1) is 23.7 Å². The Morgan fingerprint density at radius 3 is 2.38 bits per heavy atom. The van der Waals surface area contributed by atoms with E-state index in [1.807, 2.05) is 24.3 Å². The molecule has 1 aromatic carbocycles. The molecule has 0 saturated heterocycles. The van der Waals surface area contributed by atoms with Crippen LogP contribution in [-0.4, -0.2) is 18.9 Å². The van der Waals surface area contributed by atoms with Gasteiger partial charge in [0.25, 0.3) is 0 Å². The van der Waals surface area contributed by atoms with Crippen LogP contribution in [0.4, 0.5) is 0 Å². The zero-order valence-electron chi connectivity index (χ0n) is 17.6. The normalized spacial score (nSPS) is 27.4. The number of fused-ring (bicyclic) bond motifs is 5. The van der Waals surface area contributed by atoms with Crippen molar-refractivity contribution in [1.29, 1.82) is 0 Å². The molecule has 3 aliphatic carbocycles. The minimum Gasteiger partial charge on any atom is -0.497 e. The van der Waals surface area contributed by atoms with Crippen molar-refractivity contribution in [3.63, 3.8) is 0 Å². The van der Waals surface area contributed by atoms with Gasteiger partial charge in [-0.15, -0.1) is 0 Å². The first-order valence-electron chi connectivity index (χ1n) is 11.3. The van der Waals surface area contributed by atoms with E-state index < -0.39 is 0 Å². The maximum absolute atomic E-state index is 13.4. The number of hydrogen-bond acceptors (Lipinski definition) is 4. The van der Waals surface area contributed by atoms with E-state index in [4.69, 9.17) is 9.47 Å². The van der Waals surface area contributed by atoms with Gasteiger partial charge in [-0.1, -0.05) is 44.7 Å². The molecule has 2 fully saturated rings. The highest BCUT2D eigenvalue weighted by Gasteiger charge is 2.58. The highest BCUT2D eigenvalue weighted by atomic mass is 16.5. The largest absolute Gasteiger partial charge is 0.497 e. The number of benzene rings is 1. The van der Waals surface area contributed by atoms with Gasteiger partial charge >= 0.3 is 5.97 Å². The number of Topliss-reactive ketones (excluding diaryl/α,β-unsaturated/α-hetero) is 1. The molecule has 4 nitrogen and oxygen atoms in total. The fourth-order valence-electron chi connectivity index (χ4n) is 5.71. The second-order valence-corrected chi connectivity index (χ2v) is 8.86. The van der Waals surface area contributed by atoms with Crippen LogP contribution in [0.15, 0.2) is 30.0 Å². The molecule has 4 unspecified atom stereocenters. The van der Waals surface area contributed by atoms with Crippen molar-refractivity contribution in [2.24, 2.45) is 23.7 Å². The summed E-state index contributed by atoms with van der Waals surface area (Å²) in [6.07, 6.45) is 9.30. The first-order chi connectivity index (χ1) is 14.1. The number of ether oxygens (including phenoxy) is 2. The number of allylic oxidation sites excluding steroid dienone is 2. The number of ketones is 1. The molecule has 2 saturated carbocycles. The summed E-state index contributed by atoms with van der Waals surface area (Å²) in [5.74, 6) is 2.46. The van der Waals surface area contributed by atoms with E-state index in [0.717, 1.165) is 49.8 Å². The molecule has 0 heterocycles. The molecule has 29 heavy (non-hydrogen) atoms. The molecule has 4 heteroatoms. The van der Waals surface area contributed by atoms with Crippen LogP contribution in [-0.2, 0) is 14.3 Å². The monoisotopic (exact) mass is 396 g/mol. The van der Waals surface area contributed by atoms with Crippen LogP contribution in [0.1, 0.15) is 70.3 Å². The first-order valence-corrected chi connectivity index (χ1v) is 11.3. The third-order valence-electron chi connectivity index (χ3n) is 7.10. The Labute approximate surface area is 173 Å². The Morgan fingerprint density at radius 2 is 1.69 bits per heavy atom. The molecule has 0 amide bonds. The van der Waals surface area contributed by atoms with Gasteiger partial charge in [-0.05, 0) is 55.2 Å². The lowest BCUT2D eigenvalue weighted by Gasteiger charge is -2.25. The Hall–Kier alpha value is -2.10. The SMILES string of the molecule is CCCCCCCC(=O)OC1=C(c2ccc(OC)cc2)C(=O)C2C3CCC(C3)C12. The van der Waals surface area contributed by atoms with E-state index in [-0.39, 0.29) is 23.6 Å². The number of carbonyl (C=O) groups excluding carboxylic acids is 2. The van der Waals surface area contributed by atoms with Crippen LogP contribution in [0.5, 0.6) is 5.75 Å². The molecule has 0 N–H and O–H groups in total. The molecule has 3 aliphatic rings. The summed E-state index contributed by atoms with van der Waals surface area (Å²) >= 11 is 0. The summed E-state index contributed by atoms with van der Waals surface area (Å²) in [6.45, 7) is 2.18. The minimum atomic E-state index is -0.182. The van der Waals surface area contributed by atoms with Crippen LogP contribution in [0.3, 0.4) is 0 Å². The predicted molar refractivity (Wildman–Crippen MR) is 112 cm³/mol. The van der Waals surface area contributed by atoms with Gasteiger partial charge in [0.15, 0.2) is 5.78 Å². The third kappa shape index (κ3) is 3.86. The Bertz CT molecular complexity index is 792. The fourth-order valence-corrected chi connectivity index (χ4v) is 5.71. The Morgan fingerprint density at radius 1 is 1.00 bits per heavy atom. The molecule has 1 aromatic rings. The third-order valence-corrected chi connectivity index (χ3v) is 7.10. The second kappa shape index (κ2) is 8.73. The quantitative estimate of drug-likeness (QED) is 0.405. The summed E-state index contributed by atoms with van der Waals surface area (Å²) in [5.41, 5.74) is 1.48. The summed E-state index contributed by atoms with van der Waals surface area (Å²) in [4.78, 5) is 26.0. The second-order valence-electron chi connectivity index (χ2n) is 8.86. The van der Waals surface area contributed by atoms with Gasteiger partial charge in [-0.2, -0.15) is 0 Å². The molecule has 4 atom stereocenters. The lowest BCUT2D eigenvalue weighted by Crippen LogP contribution is -2.25. The zero-order valence-corrected chi connectivity index (χ0v) is 17.6. The van der Waals surface area contributed by atoms with Crippen molar-refractivity contribution < 1.29 is 19.1 Å². The Kier molecular flexibility index (Phi) is 6.07. The van der Waals surface area contributed by atoms with Crippen molar-refractivity contribution in [3.05, 3.63) is 35.6 Å². The number of unbranched alkanes of at least 4 members (excludes halogenated alkanes) is 4. The average Bonchev–Trinajstić information content (AvgIpc) is 3.41. The highest BCUT2D eigenvalue weighted by molar-refractivity contribution is 6.25. The molecule has 4 rings (SSSR count). The van der Waals surface area contributed by atoms with E-state index >= 15 is 0 Å². The van der Waals surface area contributed by atoms with Crippen LogP contribution >= 0.6 is 0 Å². The molecule has 0 spiro atoms. The number of methoxy groups -OCH3 is 1. The standard InChI is InChI=1S/C25H32O4/c1-3-4-5-6-7-8-20(26)29-25-22-18-10-9-17(15-18)21(22)24(27)23(25)16-11-13-19(28-2)14-12-16/h11-14,17-18,21-22H,3-10,15H2,1-2H3. The smallest absolute Gasteiger partial charge is 0.310 e. The van der Waals surface area contributed by atoms with Gasteiger partial charge in [0, 0.05) is 18.3 Å². The summed E-state index contributed by atoms with van der Waals surface area (Å²) < 4.78 is 11.2. The van der Waals surface area contributed by atoms with Crippen molar-refractivity contribution in [1.82, 2.24) is 0 Å². The average molecular weight is 397 g/mol. The summed E-state index contributed by atoms with van der Waals surface area (Å²) in [5, 5.41) is 0. The molecule has 2 bridgehead atoms. The van der Waals surface area contributed by atoms with Crippen LogP contribution in [0.25, 0.3) is 5.57 Å². The fraction of sp³-hybridized carbons (Fsp3) is 0.600. The minimum absolute atomic E-state index is 0.0122. The molecule has 0 aliphatic heterocycles. The number of hydrogen-bond donors (Lipinski definition) is 0. The maximum Gasteiger partial charge on any atom is 0.310 e. The van der Waals surface area contributed by atoms with Gasteiger partial charge in [0.2, 0.25) is 0 Å². The summed E-state index contributed by atoms with van der Waals surface area (Å²) in [6, 6.07) is 7.55. The van der Waals surface area contributed by atoms with E-state index in [1.165, 1.54) is 12.8 Å². The zero-order chi connectivity index (χ0) is 20.4. The maximum atomic E-state index is 13.4. The topological polar surface area (TPSA) is 52.6 Å². The molecule has 0 radical (unpaired) electrons. The molecule has 0 aromatic heterocycles. The number of rotatable bonds is 9. The van der Waals surface area contributed by atoms with Gasteiger partial charge in [0.05, 0.1) is 12.7 Å². The molecule has 156 valence electrons. The first kappa shape index (κ1) is 20.2. The van der Waals surface area contributed by atoms with Crippen molar-refractivity contribution in [2.75, 3.05) is 7.11 Å². The number of esters is 1. The molecular weight excluding hydrogens is 364 g/mol. The lowest BCUT2D eigenvalue weighted by molar-refractivity contribution is -0.140. The lowest BCUT2D eigenvalue weighted by atomic mass is 9.80. The van der Waals surface area contributed by atoms with E-state index in [9.17, 15) is 9.59 Å². The highest BCUT2D eigenvalue weighted by Crippen LogP contribution is 2.60. The van der Waals surface area contributed by atoms with Crippen molar-refractivity contribution in [2.45, 2.75) is 64.7 Å². The number of carbonyl (C=O) groups is 2.